The first-order chi connectivity index (χ1) is 17.0. The van der Waals surface area contributed by atoms with E-state index in [-0.39, 0.29) is 6.10 Å². The number of fused-ring (bicyclic) bond motifs is 1. The fraction of sp³-hybridized carbons (Fsp3) is 0.393. The molecule has 1 aromatic heterocycles. The zero-order valence-electron chi connectivity index (χ0n) is 20.8. The molecule has 4 rings (SSSR count). The molecule has 1 heterocycles. The van der Waals surface area contributed by atoms with Gasteiger partial charge in [0.05, 0.1) is 16.5 Å². The number of aromatic nitrogens is 1. The SMILES string of the molecule is C#Cc1cc(-c2ncc(-c3cccc4c3CCC4NCCCCN)s2)ccc1OC(C)C.CNO. The summed E-state index contributed by atoms with van der Waals surface area (Å²) < 4.78 is 5.83. The zero-order chi connectivity index (χ0) is 25.2. The van der Waals surface area contributed by atoms with Crippen LogP contribution < -0.4 is 21.3 Å². The Kier molecular flexibility index (Phi) is 10.3. The molecular weight excluding hydrogens is 456 g/mol. The number of hydrogen-bond acceptors (Lipinski definition) is 7. The second-order valence-electron chi connectivity index (χ2n) is 8.69. The van der Waals surface area contributed by atoms with Gasteiger partial charge in [0.25, 0.3) is 0 Å². The molecule has 35 heavy (non-hydrogen) atoms. The highest BCUT2D eigenvalue weighted by atomic mass is 32.1. The first-order valence-corrected chi connectivity index (χ1v) is 12.9. The maximum Gasteiger partial charge on any atom is 0.135 e. The summed E-state index contributed by atoms with van der Waals surface area (Å²) in [5.41, 5.74) is 13.3. The Morgan fingerprint density at radius 2 is 2.09 bits per heavy atom. The number of nitrogens with two attached hydrogens (primary N) is 1. The largest absolute Gasteiger partial charge is 0.490 e. The van der Waals surface area contributed by atoms with Gasteiger partial charge < -0.3 is 21.0 Å². The second-order valence-corrected chi connectivity index (χ2v) is 9.72. The predicted molar refractivity (Wildman–Crippen MR) is 145 cm³/mol. The van der Waals surface area contributed by atoms with Crippen LogP contribution in [0.4, 0.5) is 0 Å². The number of nitrogens with one attached hydrogen (secondary N) is 2. The zero-order valence-corrected chi connectivity index (χ0v) is 21.6. The summed E-state index contributed by atoms with van der Waals surface area (Å²) in [6, 6.07) is 13.1. The minimum Gasteiger partial charge on any atom is -0.490 e. The first kappa shape index (κ1) is 26.9. The van der Waals surface area contributed by atoms with E-state index in [2.05, 4.69) is 29.4 Å². The number of hydrogen-bond donors (Lipinski definition) is 4. The number of rotatable bonds is 9. The topological polar surface area (TPSA) is 92.4 Å². The summed E-state index contributed by atoms with van der Waals surface area (Å²) in [5.74, 6) is 3.50. The van der Waals surface area contributed by atoms with Crippen molar-refractivity contribution in [1.29, 1.82) is 0 Å². The third-order valence-corrected chi connectivity index (χ3v) is 6.89. The summed E-state index contributed by atoms with van der Waals surface area (Å²) in [6.07, 6.45) is 12.2. The number of thiazole rings is 1. The van der Waals surface area contributed by atoms with Gasteiger partial charge in [0.1, 0.15) is 10.8 Å². The molecule has 2 aromatic carbocycles. The van der Waals surface area contributed by atoms with E-state index in [1.807, 2.05) is 38.2 Å². The van der Waals surface area contributed by atoms with E-state index in [4.69, 9.17) is 27.1 Å². The highest BCUT2D eigenvalue weighted by Crippen LogP contribution is 2.41. The molecule has 0 aliphatic heterocycles. The van der Waals surface area contributed by atoms with E-state index in [0.29, 0.717) is 6.04 Å². The molecule has 0 fully saturated rings. The average Bonchev–Trinajstić information content (AvgIpc) is 3.50. The van der Waals surface area contributed by atoms with E-state index < -0.39 is 0 Å². The van der Waals surface area contributed by atoms with Gasteiger partial charge in [-0.05, 0) is 87.5 Å². The third kappa shape index (κ3) is 6.91. The molecular formula is C28H36N4O2S. The van der Waals surface area contributed by atoms with Crippen LogP contribution in [0, 0.1) is 12.3 Å². The van der Waals surface area contributed by atoms with E-state index in [1.165, 1.54) is 28.6 Å². The van der Waals surface area contributed by atoms with Crippen LogP contribution >= 0.6 is 11.3 Å². The highest BCUT2D eigenvalue weighted by Gasteiger charge is 2.25. The Morgan fingerprint density at radius 1 is 1.29 bits per heavy atom. The molecule has 0 saturated carbocycles. The number of nitrogens with zero attached hydrogens (tertiary/aromatic N) is 1. The van der Waals surface area contributed by atoms with Crippen molar-refractivity contribution in [1.82, 2.24) is 15.8 Å². The number of benzene rings is 2. The van der Waals surface area contributed by atoms with E-state index in [1.54, 1.807) is 16.8 Å². The normalized spacial score (nSPS) is 14.3. The lowest BCUT2D eigenvalue weighted by Gasteiger charge is -2.14. The molecule has 1 aliphatic rings. The number of hydroxylamine groups is 1. The molecule has 0 spiro atoms. The summed E-state index contributed by atoms with van der Waals surface area (Å²) in [4.78, 5) is 5.92. The minimum absolute atomic E-state index is 0.0820. The van der Waals surface area contributed by atoms with Gasteiger partial charge in [-0.1, -0.05) is 24.1 Å². The van der Waals surface area contributed by atoms with Gasteiger partial charge in [-0.25, -0.2) is 10.5 Å². The van der Waals surface area contributed by atoms with Crippen molar-refractivity contribution in [2.75, 3.05) is 20.1 Å². The van der Waals surface area contributed by atoms with Crippen molar-refractivity contribution in [3.05, 3.63) is 59.3 Å². The molecule has 1 aliphatic carbocycles. The van der Waals surface area contributed by atoms with Gasteiger partial charge in [-0.3, -0.25) is 0 Å². The summed E-state index contributed by atoms with van der Waals surface area (Å²) in [6.45, 7) is 5.78. The van der Waals surface area contributed by atoms with E-state index >= 15 is 0 Å². The molecule has 0 radical (unpaired) electrons. The van der Waals surface area contributed by atoms with Crippen LogP contribution in [0.5, 0.6) is 5.75 Å². The standard InChI is InChI=1S/C27H31N3OS.CH5NO/c1-4-19-16-20(10-13-25(19)31-18(2)3)27-30-17-26(32-27)23-9-7-8-22-21(23)11-12-24(22)29-15-6-5-14-28;1-2-3/h1,7-10,13,16-18,24,29H,5-6,11-12,14-15,28H2,2-3H3;2-3H,1H3. The maximum absolute atomic E-state index is 7.32. The van der Waals surface area contributed by atoms with Crippen LogP contribution in [0.1, 0.15) is 55.8 Å². The van der Waals surface area contributed by atoms with E-state index in [0.717, 1.165) is 60.7 Å². The van der Waals surface area contributed by atoms with Crippen molar-refractivity contribution < 1.29 is 9.94 Å². The van der Waals surface area contributed by atoms with Crippen molar-refractivity contribution in [2.45, 2.75) is 51.7 Å². The van der Waals surface area contributed by atoms with Crippen LogP contribution in [-0.4, -0.2) is 36.4 Å². The molecule has 0 saturated heterocycles. The Morgan fingerprint density at radius 3 is 2.80 bits per heavy atom. The minimum atomic E-state index is 0.0820. The highest BCUT2D eigenvalue weighted by molar-refractivity contribution is 7.18. The Balaban J connectivity index is 0.00000108. The fourth-order valence-electron chi connectivity index (χ4n) is 4.31. The van der Waals surface area contributed by atoms with Crippen molar-refractivity contribution >= 4 is 11.3 Å². The smallest absolute Gasteiger partial charge is 0.135 e. The molecule has 0 bridgehead atoms. The first-order valence-electron chi connectivity index (χ1n) is 12.1. The summed E-state index contributed by atoms with van der Waals surface area (Å²) in [5, 5.41) is 12.0. The van der Waals surface area contributed by atoms with Gasteiger partial charge >= 0.3 is 0 Å². The second kappa shape index (κ2) is 13.4. The third-order valence-electron chi connectivity index (χ3n) is 5.81. The van der Waals surface area contributed by atoms with Crippen molar-refractivity contribution in [2.24, 2.45) is 5.73 Å². The lowest BCUT2D eigenvalue weighted by atomic mass is 10.0. The Hall–Kier alpha value is -2.73. The van der Waals surface area contributed by atoms with Crippen LogP contribution in [0.15, 0.2) is 42.6 Å². The summed E-state index contributed by atoms with van der Waals surface area (Å²) >= 11 is 1.71. The van der Waals surface area contributed by atoms with Crippen LogP contribution in [0.3, 0.4) is 0 Å². The van der Waals surface area contributed by atoms with Gasteiger partial charge in [-0.2, -0.15) is 0 Å². The number of terminal acetylenes is 1. The van der Waals surface area contributed by atoms with Crippen molar-refractivity contribution in [3.8, 4) is 39.1 Å². The molecule has 6 nitrogen and oxygen atoms in total. The van der Waals surface area contributed by atoms with Gasteiger partial charge in [0.15, 0.2) is 0 Å². The van der Waals surface area contributed by atoms with Crippen LogP contribution in [0.25, 0.3) is 21.0 Å². The van der Waals surface area contributed by atoms with Gasteiger partial charge in [0.2, 0.25) is 0 Å². The van der Waals surface area contributed by atoms with Crippen LogP contribution in [0.2, 0.25) is 0 Å². The molecule has 0 amide bonds. The van der Waals surface area contributed by atoms with Gasteiger partial charge in [-0.15, -0.1) is 17.8 Å². The monoisotopic (exact) mass is 492 g/mol. The lowest BCUT2D eigenvalue weighted by Crippen LogP contribution is -2.21. The van der Waals surface area contributed by atoms with E-state index in [9.17, 15) is 0 Å². The molecule has 1 unspecified atom stereocenters. The summed E-state index contributed by atoms with van der Waals surface area (Å²) in [7, 11) is 1.43. The van der Waals surface area contributed by atoms with Crippen molar-refractivity contribution in [3.63, 3.8) is 0 Å². The molecule has 3 aromatic rings. The fourth-order valence-corrected chi connectivity index (χ4v) is 5.27. The average molecular weight is 493 g/mol. The molecule has 7 heteroatoms. The number of unbranched alkanes of at least 4 members (excludes halogenated alkanes) is 1. The molecule has 1 atom stereocenters. The lowest BCUT2D eigenvalue weighted by molar-refractivity contribution is 0.194. The predicted octanol–water partition coefficient (Wildman–Crippen LogP) is 5.16. The number of ether oxygens (including phenoxy) is 1. The Bertz CT molecular complexity index is 1140. The quantitative estimate of drug-likeness (QED) is 0.187. The maximum atomic E-state index is 7.32. The molecule has 5 N–H and O–H groups in total. The van der Waals surface area contributed by atoms with Gasteiger partial charge in [0, 0.05) is 24.8 Å². The van der Waals surface area contributed by atoms with Crippen LogP contribution in [-0.2, 0) is 6.42 Å². The Labute approximate surface area is 212 Å². The molecule has 186 valence electrons.